The molecule has 2 aliphatic rings. The zero-order valence-corrected chi connectivity index (χ0v) is 22.2. The van der Waals surface area contributed by atoms with Gasteiger partial charge in [-0.1, -0.05) is 75.7 Å². The smallest absolute Gasteiger partial charge is 0.306 e. The Bertz CT molecular complexity index is 1220. The van der Waals surface area contributed by atoms with Gasteiger partial charge < -0.3 is 4.74 Å². The van der Waals surface area contributed by atoms with Gasteiger partial charge in [0, 0.05) is 11.8 Å². The average Bonchev–Trinajstić information content (AvgIpc) is 3.35. The van der Waals surface area contributed by atoms with Crippen molar-refractivity contribution in [3.63, 3.8) is 0 Å². The van der Waals surface area contributed by atoms with Gasteiger partial charge in [-0.15, -0.1) is 5.10 Å². The maximum Gasteiger partial charge on any atom is 0.306 e. The molecule has 36 heavy (non-hydrogen) atoms. The summed E-state index contributed by atoms with van der Waals surface area (Å²) >= 11 is 0. The summed E-state index contributed by atoms with van der Waals surface area (Å²) in [5, 5.41) is 8.43. The second kappa shape index (κ2) is 9.84. The Hall–Kier alpha value is -2.95. The largest absolute Gasteiger partial charge is 0.465 e. The predicted molar refractivity (Wildman–Crippen MR) is 142 cm³/mol. The summed E-state index contributed by atoms with van der Waals surface area (Å²) < 4.78 is 7.68. The molecule has 1 unspecified atom stereocenters. The quantitative estimate of drug-likeness (QED) is 0.355. The Balaban J connectivity index is 1.21. The standard InChI is InChI=1S/C31H39N3O2/c1-22(2)23-11-14-27-24(19-23)12-15-28-30(3,17-8-18-31(27,28)4)21-36-29(35)16-13-25-20-34(33-32-25)26-9-6-5-7-10-26/h5-7,9-11,14,19-20,22,28H,8,12-13,15-18,21H2,1-4H3/t28?,30-,31+/m0/s1. The normalized spacial score (nSPS) is 25.3. The first-order valence-electron chi connectivity index (χ1n) is 13.5. The SMILES string of the molecule is CC(C)c1ccc2c(c1)CCC1[C@](C)(COC(=O)CCc3cn(-c4ccccc4)nn3)CCC[C@]21C. The molecule has 0 N–H and O–H groups in total. The third kappa shape index (κ3) is 4.72. The second-order valence-corrected chi connectivity index (χ2v) is 11.7. The monoisotopic (exact) mass is 485 g/mol. The van der Waals surface area contributed by atoms with Gasteiger partial charge in [0.2, 0.25) is 0 Å². The number of rotatable bonds is 7. The first kappa shape index (κ1) is 24.7. The van der Waals surface area contributed by atoms with E-state index >= 15 is 0 Å². The van der Waals surface area contributed by atoms with Gasteiger partial charge in [0.15, 0.2) is 0 Å². The highest BCUT2D eigenvalue weighted by atomic mass is 16.5. The summed E-state index contributed by atoms with van der Waals surface area (Å²) in [7, 11) is 0. The van der Waals surface area contributed by atoms with Crippen molar-refractivity contribution in [2.75, 3.05) is 6.61 Å². The van der Waals surface area contributed by atoms with Crippen molar-refractivity contribution in [3.05, 3.63) is 77.1 Å². The van der Waals surface area contributed by atoms with Gasteiger partial charge in [-0.25, -0.2) is 4.68 Å². The van der Waals surface area contributed by atoms with Gasteiger partial charge in [-0.3, -0.25) is 4.79 Å². The van der Waals surface area contributed by atoms with E-state index in [4.69, 9.17) is 4.74 Å². The number of carbonyl (C=O) groups excluding carboxylic acids is 1. The molecule has 0 radical (unpaired) electrons. The number of aryl methyl sites for hydroxylation is 2. The molecule has 190 valence electrons. The van der Waals surface area contributed by atoms with Gasteiger partial charge in [0.25, 0.3) is 0 Å². The first-order valence-corrected chi connectivity index (χ1v) is 13.5. The number of ether oxygens (including phenoxy) is 1. The van der Waals surface area contributed by atoms with E-state index in [1.807, 2.05) is 36.5 Å². The minimum Gasteiger partial charge on any atom is -0.465 e. The Labute approximate surface area is 215 Å². The zero-order valence-electron chi connectivity index (χ0n) is 22.2. The molecule has 1 fully saturated rings. The van der Waals surface area contributed by atoms with E-state index in [-0.39, 0.29) is 16.8 Å². The van der Waals surface area contributed by atoms with E-state index in [2.05, 4.69) is 56.2 Å². The number of hydrogen-bond donors (Lipinski definition) is 0. The lowest BCUT2D eigenvalue weighted by molar-refractivity contribution is -0.151. The summed E-state index contributed by atoms with van der Waals surface area (Å²) in [6, 6.07) is 17.1. The molecule has 1 heterocycles. The topological polar surface area (TPSA) is 57.0 Å². The van der Waals surface area contributed by atoms with Crippen LogP contribution in [0.2, 0.25) is 0 Å². The van der Waals surface area contributed by atoms with Crippen LogP contribution in [0.15, 0.2) is 54.7 Å². The van der Waals surface area contributed by atoms with E-state index < -0.39 is 0 Å². The van der Waals surface area contributed by atoms with E-state index in [9.17, 15) is 4.79 Å². The molecule has 3 atom stereocenters. The average molecular weight is 486 g/mol. The second-order valence-electron chi connectivity index (χ2n) is 11.7. The molecule has 2 aliphatic carbocycles. The summed E-state index contributed by atoms with van der Waals surface area (Å²) in [5.41, 5.74) is 6.42. The number of aromatic nitrogens is 3. The van der Waals surface area contributed by atoms with Crippen LogP contribution in [0.1, 0.15) is 88.1 Å². The van der Waals surface area contributed by atoms with Crippen LogP contribution in [0.3, 0.4) is 0 Å². The van der Waals surface area contributed by atoms with Crippen molar-refractivity contribution in [2.45, 2.75) is 84.0 Å². The summed E-state index contributed by atoms with van der Waals surface area (Å²) in [6.07, 6.45) is 8.55. The number of hydrogen-bond acceptors (Lipinski definition) is 4. The van der Waals surface area contributed by atoms with Crippen LogP contribution in [-0.2, 0) is 27.8 Å². The van der Waals surface area contributed by atoms with E-state index in [1.165, 1.54) is 36.0 Å². The number of fused-ring (bicyclic) bond motifs is 3. The fourth-order valence-corrected chi connectivity index (χ4v) is 6.84. The fraction of sp³-hybridized carbons (Fsp3) is 0.516. The van der Waals surface area contributed by atoms with Crippen molar-refractivity contribution < 1.29 is 9.53 Å². The summed E-state index contributed by atoms with van der Waals surface area (Å²) in [5.74, 6) is 0.935. The molecule has 5 nitrogen and oxygen atoms in total. The Morgan fingerprint density at radius 1 is 1.14 bits per heavy atom. The molecule has 2 aromatic carbocycles. The van der Waals surface area contributed by atoms with Crippen molar-refractivity contribution >= 4 is 5.97 Å². The van der Waals surface area contributed by atoms with Crippen LogP contribution >= 0.6 is 0 Å². The lowest BCUT2D eigenvalue weighted by Crippen LogP contribution is -2.51. The maximum absolute atomic E-state index is 12.7. The molecular weight excluding hydrogens is 446 g/mol. The number of benzene rings is 2. The molecule has 0 amide bonds. The molecular formula is C31H39N3O2. The molecule has 0 bridgehead atoms. The molecule has 0 spiro atoms. The minimum atomic E-state index is -0.143. The summed E-state index contributed by atoms with van der Waals surface area (Å²) in [6.45, 7) is 9.85. The van der Waals surface area contributed by atoms with Crippen molar-refractivity contribution in [1.29, 1.82) is 0 Å². The Morgan fingerprint density at radius 2 is 1.94 bits per heavy atom. The maximum atomic E-state index is 12.7. The van der Waals surface area contributed by atoms with Gasteiger partial charge >= 0.3 is 5.97 Å². The van der Waals surface area contributed by atoms with Gasteiger partial charge in [0.05, 0.1) is 30.6 Å². The third-order valence-electron chi connectivity index (χ3n) is 8.88. The molecule has 5 heteroatoms. The lowest BCUT2D eigenvalue weighted by Gasteiger charge is -2.55. The highest BCUT2D eigenvalue weighted by Gasteiger charge is 2.52. The minimum absolute atomic E-state index is 0.00745. The van der Waals surface area contributed by atoms with Crippen molar-refractivity contribution in [1.82, 2.24) is 15.0 Å². The van der Waals surface area contributed by atoms with Crippen LogP contribution in [0.5, 0.6) is 0 Å². The van der Waals surface area contributed by atoms with E-state index in [0.29, 0.717) is 31.3 Å². The predicted octanol–water partition coefficient (Wildman–Crippen LogP) is 6.58. The van der Waals surface area contributed by atoms with Crippen LogP contribution in [0, 0.1) is 11.3 Å². The lowest BCUT2D eigenvalue weighted by atomic mass is 9.50. The van der Waals surface area contributed by atoms with Crippen LogP contribution in [0.25, 0.3) is 5.69 Å². The zero-order chi connectivity index (χ0) is 25.3. The number of carbonyl (C=O) groups is 1. The van der Waals surface area contributed by atoms with Gasteiger partial charge in [-0.05, 0) is 71.8 Å². The third-order valence-corrected chi connectivity index (χ3v) is 8.88. The van der Waals surface area contributed by atoms with Gasteiger partial charge in [-0.2, -0.15) is 0 Å². The van der Waals surface area contributed by atoms with E-state index in [0.717, 1.165) is 24.2 Å². The molecule has 5 rings (SSSR count). The van der Waals surface area contributed by atoms with Crippen molar-refractivity contribution in [3.8, 4) is 5.69 Å². The molecule has 3 aromatic rings. The Morgan fingerprint density at radius 3 is 2.72 bits per heavy atom. The highest BCUT2D eigenvalue weighted by Crippen LogP contribution is 2.57. The van der Waals surface area contributed by atoms with Crippen LogP contribution in [-0.4, -0.2) is 27.6 Å². The van der Waals surface area contributed by atoms with E-state index in [1.54, 1.807) is 4.68 Å². The summed E-state index contributed by atoms with van der Waals surface area (Å²) in [4.78, 5) is 12.7. The molecule has 0 saturated heterocycles. The van der Waals surface area contributed by atoms with Gasteiger partial charge in [0.1, 0.15) is 0 Å². The number of para-hydroxylation sites is 1. The van der Waals surface area contributed by atoms with Crippen molar-refractivity contribution in [2.24, 2.45) is 11.3 Å². The number of nitrogens with zero attached hydrogens (tertiary/aromatic N) is 3. The van der Waals surface area contributed by atoms with Crippen LogP contribution in [0.4, 0.5) is 0 Å². The highest BCUT2D eigenvalue weighted by molar-refractivity contribution is 5.69. The molecule has 0 aliphatic heterocycles. The Kier molecular flexibility index (Phi) is 6.76. The molecule has 1 aromatic heterocycles. The molecule has 1 saturated carbocycles. The fourth-order valence-electron chi connectivity index (χ4n) is 6.84. The number of esters is 1. The van der Waals surface area contributed by atoms with Crippen LogP contribution < -0.4 is 0 Å². The first-order chi connectivity index (χ1) is 17.3.